The maximum Gasteiger partial charge on any atom is 0.267 e. The van der Waals surface area contributed by atoms with E-state index < -0.39 is 5.91 Å². The van der Waals surface area contributed by atoms with Gasteiger partial charge in [-0.1, -0.05) is 24.3 Å². The molecule has 0 radical (unpaired) electrons. The summed E-state index contributed by atoms with van der Waals surface area (Å²) >= 11 is 0. The van der Waals surface area contributed by atoms with E-state index in [0.717, 1.165) is 37.0 Å². The van der Waals surface area contributed by atoms with Gasteiger partial charge in [-0.25, -0.2) is 5.48 Å². The Balaban J connectivity index is 1.40. The molecule has 5 heteroatoms. The molecule has 4 fully saturated rings. The molecular weight excluding hydrogens is 340 g/mol. The standard InChI is InChI=1S/C22H30N2O3/c1-2-27-22-12-18-9-19(13-22)11-21(10-18,15-22)23-14-17-5-3-16(4-6-17)7-8-20(25)24-26/h3-8,18-19,23,26H,2,9-15H2,1H3,(H,24,25)/b8-7+/t18-,19+,21?,22?. The zero-order valence-corrected chi connectivity index (χ0v) is 16.0. The Hall–Kier alpha value is -1.69. The normalized spacial score (nSPS) is 34.3. The van der Waals surface area contributed by atoms with Crippen molar-refractivity contribution in [1.82, 2.24) is 10.8 Å². The number of hydrogen-bond acceptors (Lipinski definition) is 4. The van der Waals surface area contributed by atoms with Gasteiger partial charge in [0.1, 0.15) is 0 Å². The molecule has 4 aliphatic rings. The van der Waals surface area contributed by atoms with E-state index in [4.69, 9.17) is 9.94 Å². The fourth-order valence-corrected chi connectivity index (χ4v) is 6.11. The average molecular weight is 370 g/mol. The molecule has 4 bridgehead atoms. The summed E-state index contributed by atoms with van der Waals surface area (Å²) in [5.41, 5.74) is 4.14. The second-order valence-corrected chi connectivity index (χ2v) is 8.76. The van der Waals surface area contributed by atoms with Gasteiger partial charge in [0.2, 0.25) is 0 Å². The van der Waals surface area contributed by atoms with Gasteiger partial charge in [0.05, 0.1) is 5.60 Å². The minimum absolute atomic E-state index is 0.119. The Labute approximate surface area is 161 Å². The van der Waals surface area contributed by atoms with Gasteiger partial charge >= 0.3 is 0 Å². The molecule has 4 atom stereocenters. The van der Waals surface area contributed by atoms with Crippen molar-refractivity contribution in [2.24, 2.45) is 11.8 Å². The Bertz CT molecular complexity index is 699. The fourth-order valence-electron chi connectivity index (χ4n) is 6.11. The number of ether oxygens (including phenoxy) is 1. The monoisotopic (exact) mass is 370 g/mol. The highest BCUT2D eigenvalue weighted by atomic mass is 16.5. The molecule has 0 aliphatic heterocycles. The van der Waals surface area contributed by atoms with Gasteiger partial charge in [-0.2, -0.15) is 0 Å². The van der Waals surface area contributed by atoms with E-state index in [1.807, 2.05) is 12.1 Å². The molecule has 4 aliphatic carbocycles. The average Bonchev–Trinajstić information content (AvgIpc) is 2.64. The van der Waals surface area contributed by atoms with Crippen LogP contribution >= 0.6 is 0 Å². The van der Waals surface area contributed by atoms with Crippen LogP contribution in [0, 0.1) is 11.8 Å². The Morgan fingerprint density at radius 2 is 1.93 bits per heavy atom. The van der Waals surface area contributed by atoms with Crippen molar-refractivity contribution in [1.29, 1.82) is 0 Å². The van der Waals surface area contributed by atoms with Gasteiger partial charge in [0, 0.05) is 24.8 Å². The molecule has 3 N–H and O–H groups in total. The van der Waals surface area contributed by atoms with Gasteiger partial charge in [-0.3, -0.25) is 10.0 Å². The second-order valence-electron chi connectivity index (χ2n) is 8.76. The van der Waals surface area contributed by atoms with Crippen molar-refractivity contribution in [3.8, 4) is 0 Å². The number of hydroxylamine groups is 1. The van der Waals surface area contributed by atoms with Crippen LogP contribution in [0.2, 0.25) is 0 Å². The zero-order valence-electron chi connectivity index (χ0n) is 16.0. The van der Waals surface area contributed by atoms with Crippen molar-refractivity contribution >= 4 is 12.0 Å². The lowest BCUT2D eigenvalue weighted by Gasteiger charge is -2.62. The van der Waals surface area contributed by atoms with E-state index in [2.05, 4.69) is 24.4 Å². The highest BCUT2D eigenvalue weighted by Gasteiger charge is 2.58. The molecule has 2 unspecified atom stereocenters. The molecule has 0 heterocycles. The summed E-state index contributed by atoms with van der Waals surface area (Å²) in [6, 6.07) is 8.20. The van der Waals surface area contributed by atoms with E-state index in [1.165, 1.54) is 43.7 Å². The summed E-state index contributed by atoms with van der Waals surface area (Å²) < 4.78 is 6.29. The first kappa shape index (κ1) is 18.7. The predicted octanol–water partition coefficient (Wildman–Crippen LogP) is 3.42. The number of carbonyl (C=O) groups excluding carboxylic acids is 1. The SMILES string of the molecule is CCOC12C[C@@H]3C[C@@H](CC(NCc4ccc(/C=C/C(=O)NO)cc4)(C3)C1)C2. The quantitative estimate of drug-likeness (QED) is 0.391. The summed E-state index contributed by atoms with van der Waals surface area (Å²) in [4.78, 5) is 11.1. The van der Waals surface area contributed by atoms with Crippen LogP contribution in [0.1, 0.15) is 56.6 Å². The lowest BCUT2D eigenvalue weighted by molar-refractivity contribution is -0.173. The van der Waals surface area contributed by atoms with Crippen LogP contribution < -0.4 is 10.8 Å². The minimum atomic E-state index is -0.522. The summed E-state index contributed by atoms with van der Waals surface area (Å²) in [5.74, 6) is 1.11. The second kappa shape index (κ2) is 7.38. The number of benzene rings is 1. The van der Waals surface area contributed by atoms with Gasteiger partial charge in [-0.15, -0.1) is 0 Å². The zero-order chi connectivity index (χ0) is 18.9. The van der Waals surface area contributed by atoms with Crippen LogP contribution in [0.5, 0.6) is 0 Å². The highest BCUT2D eigenvalue weighted by Crippen LogP contribution is 2.58. The van der Waals surface area contributed by atoms with Crippen LogP contribution in [-0.2, 0) is 16.1 Å². The molecule has 5 nitrogen and oxygen atoms in total. The number of nitrogens with one attached hydrogen (secondary N) is 2. The Kier molecular flexibility index (Phi) is 5.10. The molecule has 146 valence electrons. The topological polar surface area (TPSA) is 70.6 Å². The minimum Gasteiger partial charge on any atom is -0.375 e. The third kappa shape index (κ3) is 3.96. The van der Waals surface area contributed by atoms with Crippen molar-refractivity contribution in [3.05, 3.63) is 41.5 Å². The fraction of sp³-hybridized carbons (Fsp3) is 0.591. The van der Waals surface area contributed by atoms with Crippen LogP contribution in [0.15, 0.2) is 30.3 Å². The molecule has 0 aromatic heterocycles. The number of rotatable bonds is 7. The molecule has 0 saturated heterocycles. The van der Waals surface area contributed by atoms with Crippen molar-refractivity contribution in [3.63, 3.8) is 0 Å². The first-order valence-electron chi connectivity index (χ1n) is 10.1. The van der Waals surface area contributed by atoms with E-state index in [-0.39, 0.29) is 11.1 Å². The number of carbonyl (C=O) groups is 1. The van der Waals surface area contributed by atoms with E-state index >= 15 is 0 Å². The first-order chi connectivity index (χ1) is 13.0. The molecule has 1 amide bonds. The maximum atomic E-state index is 11.1. The number of hydrogen-bond donors (Lipinski definition) is 3. The first-order valence-corrected chi connectivity index (χ1v) is 10.1. The molecule has 1 aromatic carbocycles. The molecule has 5 rings (SSSR count). The molecule has 1 aromatic rings. The molecule has 4 saturated carbocycles. The van der Waals surface area contributed by atoms with Gasteiger partial charge in [0.25, 0.3) is 5.91 Å². The van der Waals surface area contributed by atoms with Crippen molar-refractivity contribution in [2.45, 2.75) is 63.1 Å². The highest BCUT2D eigenvalue weighted by molar-refractivity contribution is 5.90. The largest absolute Gasteiger partial charge is 0.375 e. The Morgan fingerprint density at radius 3 is 2.56 bits per heavy atom. The van der Waals surface area contributed by atoms with Gasteiger partial charge < -0.3 is 10.1 Å². The number of amides is 1. The molecular formula is C22H30N2O3. The van der Waals surface area contributed by atoms with Crippen LogP contribution in [-0.4, -0.2) is 28.9 Å². The third-order valence-electron chi connectivity index (χ3n) is 6.64. The predicted molar refractivity (Wildman–Crippen MR) is 104 cm³/mol. The summed E-state index contributed by atoms with van der Waals surface area (Å²) in [6.45, 7) is 3.81. The van der Waals surface area contributed by atoms with E-state index in [1.54, 1.807) is 11.6 Å². The van der Waals surface area contributed by atoms with Crippen LogP contribution in [0.4, 0.5) is 0 Å². The maximum absolute atomic E-state index is 11.1. The summed E-state index contributed by atoms with van der Waals surface area (Å²) in [5, 5.41) is 12.4. The van der Waals surface area contributed by atoms with E-state index in [0.29, 0.717) is 0 Å². The summed E-state index contributed by atoms with van der Waals surface area (Å²) in [7, 11) is 0. The summed E-state index contributed by atoms with van der Waals surface area (Å²) in [6.07, 6.45) is 10.6. The van der Waals surface area contributed by atoms with Crippen LogP contribution in [0.3, 0.4) is 0 Å². The lowest BCUT2D eigenvalue weighted by Crippen LogP contribution is -2.65. The van der Waals surface area contributed by atoms with Crippen molar-refractivity contribution in [2.75, 3.05) is 6.61 Å². The van der Waals surface area contributed by atoms with Gasteiger partial charge in [-0.05, 0) is 74.5 Å². The van der Waals surface area contributed by atoms with Gasteiger partial charge in [0.15, 0.2) is 0 Å². The Morgan fingerprint density at radius 1 is 1.22 bits per heavy atom. The van der Waals surface area contributed by atoms with E-state index in [9.17, 15) is 4.79 Å². The third-order valence-corrected chi connectivity index (χ3v) is 6.64. The van der Waals surface area contributed by atoms with Crippen molar-refractivity contribution < 1.29 is 14.7 Å². The molecule has 0 spiro atoms. The smallest absolute Gasteiger partial charge is 0.267 e. The molecule has 27 heavy (non-hydrogen) atoms. The van der Waals surface area contributed by atoms with Crippen LogP contribution in [0.25, 0.3) is 6.08 Å². The lowest BCUT2D eigenvalue weighted by atomic mass is 9.51.